The van der Waals surface area contributed by atoms with Crippen molar-refractivity contribution in [2.45, 2.75) is 64.2 Å². The molecular weight excluding hydrogens is 479 g/mol. The highest BCUT2D eigenvalue weighted by molar-refractivity contribution is 5.94. The topological polar surface area (TPSA) is 37.1 Å². The highest BCUT2D eigenvalue weighted by Crippen LogP contribution is 2.40. The molecule has 0 radical (unpaired) electrons. The Labute approximate surface area is 217 Å². The van der Waals surface area contributed by atoms with E-state index in [2.05, 4.69) is 35.7 Å². The van der Waals surface area contributed by atoms with Crippen molar-refractivity contribution in [2.24, 2.45) is 0 Å². The standard InChI is InChI=1S/C29H34F3N3O2/c1-20-21(2)27(37-18-5-4-15-33-3)14-13-25(20)26-8-6-7-24-19-34(16-17-35(24)26)28(36)22-9-11-23(12-10-22)29(30,31)32/h9-14,24,26H,4-8,15-19H2,1-2H3/t24-,26?/m0/s1. The van der Waals surface area contributed by atoms with Crippen LogP contribution in [0.5, 0.6) is 5.75 Å². The maximum atomic E-state index is 13.1. The molecule has 2 aliphatic rings. The summed E-state index contributed by atoms with van der Waals surface area (Å²) in [5.41, 5.74) is 3.22. The monoisotopic (exact) mass is 513 g/mol. The summed E-state index contributed by atoms with van der Waals surface area (Å²) in [5.74, 6) is 0.684. The average Bonchev–Trinajstić information content (AvgIpc) is 2.89. The first-order valence-corrected chi connectivity index (χ1v) is 13.0. The second-order valence-corrected chi connectivity index (χ2v) is 10.0. The van der Waals surface area contributed by atoms with Crippen LogP contribution in [0.2, 0.25) is 0 Å². The number of unbranched alkanes of at least 4 members (excludes halogenated alkanes) is 1. The highest BCUT2D eigenvalue weighted by Gasteiger charge is 2.38. The normalized spacial score (nSPS) is 20.3. The molecule has 2 aliphatic heterocycles. The quantitative estimate of drug-likeness (QED) is 0.315. The third-order valence-electron chi connectivity index (χ3n) is 7.75. The van der Waals surface area contributed by atoms with Crippen LogP contribution in [0.3, 0.4) is 0 Å². The van der Waals surface area contributed by atoms with Crippen LogP contribution in [0.4, 0.5) is 13.2 Å². The molecule has 4 rings (SSSR count). The van der Waals surface area contributed by atoms with Crippen molar-refractivity contribution in [3.05, 3.63) is 75.6 Å². The number of fused-ring (bicyclic) bond motifs is 1. The van der Waals surface area contributed by atoms with Crippen molar-refractivity contribution >= 4 is 5.91 Å². The van der Waals surface area contributed by atoms with Crippen LogP contribution in [0.1, 0.15) is 70.8 Å². The number of rotatable bonds is 7. The minimum absolute atomic E-state index is 0.208. The molecule has 2 aromatic carbocycles. The Bertz CT molecular complexity index is 1140. The van der Waals surface area contributed by atoms with Crippen LogP contribution in [0.25, 0.3) is 4.85 Å². The van der Waals surface area contributed by atoms with E-state index in [-0.39, 0.29) is 18.0 Å². The van der Waals surface area contributed by atoms with Gasteiger partial charge >= 0.3 is 6.18 Å². The zero-order chi connectivity index (χ0) is 26.6. The minimum atomic E-state index is -4.41. The number of carbonyl (C=O) groups is 1. The Hall–Kier alpha value is -3.05. The molecule has 0 aromatic heterocycles. The molecule has 8 heteroatoms. The molecular formula is C29H34F3N3O2. The molecule has 0 aliphatic carbocycles. The van der Waals surface area contributed by atoms with Gasteiger partial charge in [0.15, 0.2) is 0 Å². The molecule has 2 atom stereocenters. The number of alkyl halides is 3. The molecule has 1 amide bonds. The van der Waals surface area contributed by atoms with Crippen molar-refractivity contribution in [1.29, 1.82) is 0 Å². The Morgan fingerprint density at radius 3 is 2.51 bits per heavy atom. The van der Waals surface area contributed by atoms with Crippen molar-refractivity contribution in [3.63, 3.8) is 0 Å². The summed E-state index contributed by atoms with van der Waals surface area (Å²) in [4.78, 5) is 20.7. The van der Waals surface area contributed by atoms with E-state index >= 15 is 0 Å². The van der Waals surface area contributed by atoms with Gasteiger partial charge in [0.2, 0.25) is 6.54 Å². The van der Waals surface area contributed by atoms with E-state index in [1.165, 1.54) is 23.3 Å². The molecule has 2 fully saturated rings. The molecule has 0 N–H and O–H groups in total. The summed E-state index contributed by atoms with van der Waals surface area (Å²) in [6.07, 6.45) is 0.409. The number of hydrogen-bond donors (Lipinski definition) is 0. The van der Waals surface area contributed by atoms with Gasteiger partial charge in [-0.2, -0.15) is 13.2 Å². The van der Waals surface area contributed by atoms with E-state index in [1.54, 1.807) is 4.90 Å². The number of ether oxygens (including phenoxy) is 1. The number of piperazine rings is 1. The Kier molecular flexibility index (Phi) is 8.43. The van der Waals surface area contributed by atoms with Crippen LogP contribution in [0, 0.1) is 20.4 Å². The average molecular weight is 514 g/mol. The molecule has 1 unspecified atom stereocenters. The molecule has 2 heterocycles. The fraction of sp³-hybridized carbons (Fsp3) is 0.517. The van der Waals surface area contributed by atoms with E-state index in [4.69, 9.17) is 11.3 Å². The van der Waals surface area contributed by atoms with Crippen LogP contribution < -0.4 is 4.74 Å². The number of benzene rings is 2. The van der Waals surface area contributed by atoms with Gasteiger partial charge < -0.3 is 14.5 Å². The predicted molar refractivity (Wildman–Crippen MR) is 137 cm³/mol. The lowest BCUT2D eigenvalue weighted by Crippen LogP contribution is -2.57. The molecule has 0 bridgehead atoms. The van der Waals surface area contributed by atoms with E-state index < -0.39 is 11.7 Å². The molecule has 0 saturated carbocycles. The van der Waals surface area contributed by atoms with Gasteiger partial charge in [-0.25, -0.2) is 6.57 Å². The molecule has 5 nitrogen and oxygen atoms in total. The summed E-state index contributed by atoms with van der Waals surface area (Å²) in [6, 6.07) is 9.24. The Balaban J connectivity index is 1.42. The first-order chi connectivity index (χ1) is 17.7. The first-order valence-electron chi connectivity index (χ1n) is 13.0. The summed E-state index contributed by atoms with van der Waals surface area (Å²) < 4.78 is 44.7. The third-order valence-corrected chi connectivity index (χ3v) is 7.75. The van der Waals surface area contributed by atoms with Gasteiger partial charge in [-0.05, 0) is 86.6 Å². The number of halogens is 3. The minimum Gasteiger partial charge on any atom is -0.493 e. The van der Waals surface area contributed by atoms with E-state index in [0.717, 1.165) is 62.1 Å². The zero-order valence-corrected chi connectivity index (χ0v) is 21.5. The van der Waals surface area contributed by atoms with Crippen LogP contribution in [0.15, 0.2) is 36.4 Å². The van der Waals surface area contributed by atoms with Gasteiger partial charge in [0.05, 0.1) is 12.2 Å². The predicted octanol–water partition coefficient (Wildman–Crippen LogP) is 6.45. The second-order valence-electron chi connectivity index (χ2n) is 10.0. The van der Waals surface area contributed by atoms with Crippen LogP contribution in [-0.4, -0.2) is 54.5 Å². The van der Waals surface area contributed by atoms with Gasteiger partial charge in [-0.15, -0.1) is 0 Å². The SMILES string of the molecule is [C-]#[N+]CCCCOc1ccc(C2CCC[C@H]3CN(C(=O)c4ccc(C(F)(F)F)cc4)CCN23)c(C)c1C. The van der Waals surface area contributed by atoms with E-state index in [1.807, 2.05) is 0 Å². The number of hydrogen-bond acceptors (Lipinski definition) is 3. The van der Waals surface area contributed by atoms with E-state index in [0.29, 0.717) is 31.8 Å². The molecule has 2 aromatic rings. The Morgan fingerprint density at radius 2 is 1.81 bits per heavy atom. The van der Waals surface area contributed by atoms with Crippen molar-refractivity contribution < 1.29 is 22.7 Å². The smallest absolute Gasteiger partial charge is 0.416 e. The third kappa shape index (κ3) is 6.10. The van der Waals surface area contributed by atoms with E-state index in [9.17, 15) is 18.0 Å². The molecule has 0 spiro atoms. The van der Waals surface area contributed by atoms with Gasteiger partial charge in [-0.3, -0.25) is 9.69 Å². The largest absolute Gasteiger partial charge is 0.493 e. The van der Waals surface area contributed by atoms with Gasteiger partial charge in [0.25, 0.3) is 5.91 Å². The Morgan fingerprint density at radius 1 is 1.05 bits per heavy atom. The number of piperidine rings is 1. The summed E-state index contributed by atoms with van der Waals surface area (Å²) in [6.45, 7) is 14.1. The number of nitrogens with zero attached hydrogens (tertiary/aromatic N) is 3. The van der Waals surface area contributed by atoms with Crippen molar-refractivity contribution in [2.75, 3.05) is 32.8 Å². The zero-order valence-electron chi connectivity index (χ0n) is 21.5. The summed E-state index contributed by atoms with van der Waals surface area (Å²) >= 11 is 0. The summed E-state index contributed by atoms with van der Waals surface area (Å²) in [5, 5.41) is 0. The van der Waals surface area contributed by atoms with Crippen molar-refractivity contribution in [3.8, 4) is 5.75 Å². The molecule has 2 saturated heterocycles. The molecule has 37 heavy (non-hydrogen) atoms. The van der Waals surface area contributed by atoms with Crippen LogP contribution in [-0.2, 0) is 6.18 Å². The first kappa shape index (κ1) is 27.0. The fourth-order valence-electron chi connectivity index (χ4n) is 5.56. The number of amides is 1. The number of carbonyl (C=O) groups excluding carboxylic acids is 1. The van der Waals surface area contributed by atoms with Gasteiger partial charge in [0, 0.05) is 43.7 Å². The van der Waals surface area contributed by atoms with Gasteiger partial charge in [-0.1, -0.05) is 6.07 Å². The second kappa shape index (κ2) is 11.6. The van der Waals surface area contributed by atoms with Crippen LogP contribution >= 0.6 is 0 Å². The maximum absolute atomic E-state index is 13.1. The lowest BCUT2D eigenvalue weighted by atomic mass is 9.86. The maximum Gasteiger partial charge on any atom is 0.416 e. The lowest BCUT2D eigenvalue weighted by molar-refractivity contribution is -0.137. The molecule has 198 valence electrons. The van der Waals surface area contributed by atoms with Gasteiger partial charge in [0.1, 0.15) is 5.75 Å². The summed E-state index contributed by atoms with van der Waals surface area (Å²) in [7, 11) is 0. The fourth-order valence-corrected chi connectivity index (χ4v) is 5.56. The lowest BCUT2D eigenvalue weighted by Gasteiger charge is -2.49. The highest BCUT2D eigenvalue weighted by atomic mass is 19.4. The van der Waals surface area contributed by atoms with Crippen molar-refractivity contribution in [1.82, 2.24) is 9.80 Å².